The van der Waals surface area contributed by atoms with Crippen LogP contribution in [0.15, 0.2) is 47.7 Å². The largest absolute Gasteiger partial charge is 0.493 e. The lowest BCUT2D eigenvalue weighted by Gasteiger charge is -2.46. The summed E-state index contributed by atoms with van der Waals surface area (Å²) in [6, 6.07) is 8.97. The average Bonchev–Trinajstić information content (AvgIpc) is 2.87. The van der Waals surface area contributed by atoms with E-state index in [0.29, 0.717) is 24.5 Å². The molecule has 5 rings (SSSR count). The Morgan fingerprint density at radius 2 is 1.76 bits per heavy atom. The molecule has 0 spiro atoms. The molecule has 1 aliphatic carbocycles. The molecule has 0 fully saturated rings. The van der Waals surface area contributed by atoms with Gasteiger partial charge in [0.2, 0.25) is 0 Å². The minimum Gasteiger partial charge on any atom is -0.493 e. The van der Waals surface area contributed by atoms with E-state index in [2.05, 4.69) is 29.6 Å². The van der Waals surface area contributed by atoms with Gasteiger partial charge in [-0.2, -0.15) is 8.78 Å². The number of fused-ring (bicyclic) bond motifs is 4. The normalized spacial score (nSPS) is 19.9. The van der Waals surface area contributed by atoms with E-state index in [-0.39, 0.29) is 28.6 Å². The van der Waals surface area contributed by atoms with Crippen molar-refractivity contribution in [1.82, 2.24) is 4.90 Å². The quantitative estimate of drug-likeness (QED) is 0.420. The van der Waals surface area contributed by atoms with Gasteiger partial charge in [-0.05, 0) is 66.6 Å². The molecule has 6 nitrogen and oxygen atoms in total. The van der Waals surface area contributed by atoms with E-state index in [1.807, 2.05) is 12.1 Å². The number of carbonyl (C=O) groups excluding carboxylic acids is 1. The molecule has 0 saturated heterocycles. The fourth-order valence-electron chi connectivity index (χ4n) is 5.90. The molecule has 2 heterocycles. The van der Waals surface area contributed by atoms with Crippen LogP contribution in [0, 0.1) is 5.41 Å². The second-order valence-electron chi connectivity index (χ2n) is 10.6. The number of rotatable bonds is 7. The summed E-state index contributed by atoms with van der Waals surface area (Å²) in [5, 5.41) is 0. The van der Waals surface area contributed by atoms with Crippen LogP contribution in [0.2, 0.25) is 0 Å². The molecule has 38 heavy (non-hydrogen) atoms. The maximum absolute atomic E-state index is 13.6. The van der Waals surface area contributed by atoms with Crippen LogP contribution in [-0.2, 0) is 11.2 Å². The first-order valence-corrected chi connectivity index (χ1v) is 12.9. The Hall–Kier alpha value is -3.55. The average molecular weight is 526 g/mol. The Kier molecular flexibility index (Phi) is 6.84. The summed E-state index contributed by atoms with van der Waals surface area (Å²) in [6.45, 7) is 4.10. The highest BCUT2D eigenvalue weighted by molar-refractivity contribution is 6.01. The lowest BCUT2D eigenvalue weighted by molar-refractivity contribution is -0.118. The van der Waals surface area contributed by atoms with Gasteiger partial charge in [-0.3, -0.25) is 4.79 Å². The molecule has 0 bridgehead atoms. The Morgan fingerprint density at radius 1 is 1.03 bits per heavy atom. The molecule has 0 N–H and O–H groups in total. The van der Waals surface area contributed by atoms with Crippen LogP contribution in [-0.4, -0.2) is 44.7 Å². The number of ketones is 1. The summed E-state index contributed by atoms with van der Waals surface area (Å²) < 4.78 is 47.5. The number of hydrogen-bond acceptors (Lipinski definition) is 6. The second kappa shape index (κ2) is 9.97. The molecular weight excluding hydrogens is 492 g/mol. The predicted octanol–water partition coefficient (Wildman–Crippen LogP) is 6.34. The molecule has 8 heteroatoms. The smallest absolute Gasteiger partial charge is 0.387 e. The minimum absolute atomic E-state index is 0.0270. The van der Waals surface area contributed by atoms with Crippen LogP contribution in [0.3, 0.4) is 0 Å². The van der Waals surface area contributed by atoms with Gasteiger partial charge in [0, 0.05) is 41.4 Å². The predicted molar refractivity (Wildman–Crippen MR) is 140 cm³/mol. The molecule has 202 valence electrons. The number of Topliss-reactive ketones (excluding diaryl/α,β-unsaturated/α-hetero) is 1. The molecule has 0 unspecified atom stereocenters. The number of carbonyl (C=O) groups is 1. The third-order valence-corrected chi connectivity index (χ3v) is 7.48. The molecule has 2 aromatic rings. The topological polar surface area (TPSA) is 57.2 Å². The number of nitrogens with zero attached hydrogens (tertiary/aromatic N) is 1. The maximum Gasteiger partial charge on any atom is 0.387 e. The van der Waals surface area contributed by atoms with Gasteiger partial charge in [-0.25, -0.2) is 0 Å². The first-order chi connectivity index (χ1) is 18.2. The van der Waals surface area contributed by atoms with Gasteiger partial charge in [-0.15, -0.1) is 0 Å². The number of halogens is 2. The van der Waals surface area contributed by atoms with E-state index < -0.39 is 6.61 Å². The van der Waals surface area contributed by atoms with Gasteiger partial charge in [0.05, 0.1) is 20.8 Å². The molecule has 1 atom stereocenters. The third-order valence-electron chi connectivity index (χ3n) is 7.48. The number of methoxy groups -OCH3 is 2. The molecular formula is C30H33F2NO5. The summed E-state index contributed by atoms with van der Waals surface area (Å²) >= 11 is 0. The molecule has 0 saturated carbocycles. The van der Waals surface area contributed by atoms with E-state index >= 15 is 0 Å². The summed E-state index contributed by atoms with van der Waals surface area (Å²) in [4.78, 5) is 15.9. The summed E-state index contributed by atoms with van der Waals surface area (Å²) in [5.74, 6) is 1.27. The van der Waals surface area contributed by atoms with Crippen molar-refractivity contribution in [2.75, 3.05) is 27.4 Å². The van der Waals surface area contributed by atoms with Gasteiger partial charge < -0.3 is 23.8 Å². The van der Waals surface area contributed by atoms with Crippen LogP contribution in [0.4, 0.5) is 8.78 Å². The lowest BCUT2D eigenvalue weighted by Crippen LogP contribution is -2.40. The summed E-state index contributed by atoms with van der Waals surface area (Å²) in [6.07, 6.45) is 4.12. The van der Waals surface area contributed by atoms with Crippen molar-refractivity contribution in [3.8, 4) is 23.0 Å². The molecule has 0 aromatic heterocycles. The number of alkyl halides is 2. The summed E-state index contributed by atoms with van der Waals surface area (Å²) in [5.41, 5.74) is 5.59. The molecule has 2 aliphatic heterocycles. The van der Waals surface area contributed by atoms with E-state index in [9.17, 15) is 13.6 Å². The van der Waals surface area contributed by atoms with Gasteiger partial charge in [0.1, 0.15) is 0 Å². The standard InChI is InChI=1S/C30H33F2NO5/c1-6-37-27-12-17(7-8-24(27)38-29(31)32)20-13-21-19-14-26(36-5)25(35-4)11-18(19)9-10-33(21)22-15-30(2,3)16-23(34)28(20)22/h7-8,11-14,20,29H,6,9-10,15-16H2,1-5H3/t20-/m1/s1. The van der Waals surface area contributed by atoms with Crippen molar-refractivity contribution < 1.29 is 32.5 Å². The van der Waals surface area contributed by atoms with E-state index in [1.54, 1.807) is 33.3 Å². The van der Waals surface area contributed by atoms with Crippen molar-refractivity contribution in [3.63, 3.8) is 0 Å². The van der Waals surface area contributed by atoms with Crippen LogP contribution < -0.4 is 18.9 Å². The maximum atomic E-state index is 13.6. The Morgan fingerprint density at radius 3 is 2.45 bits per heavy atom. The van der Waals surface area contributed by atoms with E-state index in [1.165, 1.54) is 6.07 Å². The van der Waals surface area contributed by atoms with Gasteiger partial charge in [0.15, 0.2) is 28.8 Å². The third kappa shape index (κ3) is 4.61. The van der Waals surface area contributed by atoms with Crippen molar-refractivity contribution in [2.24, 2.45) is 5.41 Å². The highest BCUT2D eigenvalue weighted by Gasteiger charge is 2.43. The zero-order valence-electron chi connectivity index (χ0n) is 22.4. The lowest BCUT2D eigenvalue weighted by atomic mass is 9.69. The Bertz CT molecular complexity index is 1330. The summed E-state index contributed by atoms with van der Waals surface area (Å²) in [7, 11) is 3.24. The fraction of sp³-hybridized carbons (Fsp3) is 0.433. The zero-order chi connectivity index (χ0) is 27.2. The zero-order valence-corrected chi connectivity index (χ0v) is 22.4. The van der Waals surface area contributed by atoms with E-state index in [4.69, 9.17) is 14.2 Å². The number of ether oxygens (including phenoxy) is 4. The van der Waals surface area contributed by atoms with Crippen molar-refractivity contribution >= 4 is 11.5 Å². The number of benzene rings is 2. The van der Waals surface area contributed by atoms with Crippen LogP contribution in [0.5, 0.6) is 23.0 Å². The molecule has 3 aliphatic rings. The number of hydrogen-bond donors (Lipinski definition) is 0. The minimum atomic E-state index is -2.97. The van der Waals surface area contributed by atoms with Crippen molar-refractivity contribution in [2.45, 2.75) is 52.6 Å². The van der Waals surface area contributed by atoms with Crippen LogP contribution in [0.1, 0.15) is 56.2 Å². The van der Waals surface area contributed by atoms with Crippen LogP contribution in [0.25, 0.3) is 5.70 Å². The SMILES string of the molecule is CCOc1cc([C@H]2C=C3c4cc(OC)c(OC)cc4CCN3C3=C2C(=O)CC(C)(C)C3)ccc1OC(F)F. The second-order valence-corrected chi connectivity index (χ2v) is 10.6. The van der Waals surface area contributed by atoms with Crippen molar-refractivity contribution in [1.29, 1.82) is 0 Å². The van der Waals surface area contributed by atoms with Crippen molar-refractivity contribution in [3.05, 3.63) is 64.4 Å². The van der Waals surface area contributed by atoms with Gasteiger partial charge >= 0.3 is 6.61 Å². The Balaban J connectivity index is 1.69. The molecule has 2 aromatic carbocycles. The highest BCUT2D eigenvalue weighted by Crippen LogP contribution is 2.51. The molecule has 0 amide bonds. The fourth-order valence-corrected chi connectivity index (χ4v) is 5.90. The highest BCUT2D eigenvalue weighted by atomic mass is 19.3. The molecule has 0 radical (unpaired) electrons. The first kappa shape index (κ1) is 26.1. The van der Waals surface area contributed by atoms with Gasteiger partial charge in [-0.1, -0.05) is 19.9 Å². The van der Waals surface area contributed by atoms with Gasteiger partial charge in [0.25, 0.3) is 0 Å². The Labute approximate surface area is 221 Å². The number of allylic oxidation sites excluding steroid dienone is 3. The first-order valence-electron chi connectivity index (χ1n) is 12.9. The van der Waals surface area contributed by atoms with Crippen LogP contribution >= 0.6 is 0 Å². The van der Waals surface area contributed by atoms with E-state index in [0.717, 1.165) is 53.0 Å². The monoisotopic (exact) mass is 525 g/mol.